The van der Waals surface area contributed by atoms with Crippen LogP contribution in [0.3, 0.4) is 0 Å². The number of alkyl halides is 3. The van der Waals surface area contributed by atoms with Crippen molar-refractivity contribution in [3.05, 3.63) is 23.4 Å². The van der Waals surface area contributed by atoms with Crippen LogP contribution in [0.25, 0.3) is 0 Å². The topological polar surface area (TPSA) is 23.5 Å². The number of aliphatic hydroxyl groups is 1. The number of rotatable bonds is 2. The van der Waals surface area contributed by atoms with E-state index in [0.717, 1.165) is 12.3 Å². The Labute approximate surface area is 93.1 Å². The molecule has 0 fully saturated rings. The van der Waals surface area contributed by atoms with Crippen molar-refractivity contribution in [1.82, 2.24) is 4.90 Å². The number of hydrogen-bond donors (Lipinski definition) is 1. The maximum atomic E-state index is 12.6. The summed E-state index contributed by atoms with van der Waals surface area (Å²) in [4.78, 5) is 1.29. The summed E-state index contributed by atoms with van der Waals surface area (Å²) in [5, 5.41) is 9.83. The predicted octanol–water partition coefficient (Wildman–Crippen LogP) is 2.67. The Hall–Kier alpha value is -0.970. The van der Waals surface area contributed by atoms with Crippen LogP contribution < -0.4 is 0 Å². The summed E-state index contributed by atoms with van der Waals surface area (Å²) in [7, 11) is 0. The normalized spacial score (nSPS) is 22.2. The van der Waals surface area contributed by atoms with E-state index in [1.165, 1.54) is 4.90 Å². The molecule has 0 saturated heterocycles. The van der Waals surface area contributed by atoms with Gasteiger partial charge in [-0.05, 0) is 24.5 Å². The second kappa shape index (κ2) is 4.49. The lowest BCUT2D eigenvalue weighted by atomic mass is 9.95. The summed E-state index contributed by atoms with van der Waals surface area (Å²) in [6, 6.07) is 0. The molecule has 1 aliphatic rings. The largest absolute Gasteiger partial charge is 0.417 e. The number of likely N-dealkylation sites (N-methyl/N-ethyl adjacent to an activating group) is 1. The Kier molecular flexibility index (Phi) is 3.68. The Balaban J connectivity index is 3.11. The number of allylic oxidation sites excluding steroid dienone is 2. The first-order chi connectivity index (χ1) is 7.27. The zero-order valence-electron chi connectivity index (χ0n) is 9.54. The molecule has 1 N–H and O–H groups in total. The number of hydrogen-bond acceptors (Lipinski definition) is 2. The van der Waals surface area contributed by atoms with Crippen molar-refractivity contribution in [1.29, 1.82) is 0 Å². The van der Waals surface area contributed by atoms with Crippen molar-refractivity contribution < 1.29 is 18.3 Å². The third-order valence-corrected chi connectivity index (χ3v) is 2.60. The van der Waals surface area contributed by atoms with Gasteiger partial charge in [0.25, 0.3) is 0 Å². The number of halogens is 3. The Morgan fingerprint density at radius 3 is 2.38 bits per heavy atom. The lowest BCUT2D eigenvalue weighted by Gasteiger charge is -2.33. The van der Waals surface area contributed by atoms with Crippen LogP contribution in [0.1, 0.15) is 20.8 Å². The summed E-state index contributed by atoms with van der Waals surface area (Å²) in [5.74, 6) is -0.116. The molecule has 1 rings (SSSR count). The van der Waals surface area contributed by atoms with Crippen molar-refractivity contribution in [2.75, 3.05) is 6.54 Å². The van der Waals surface area contributed by atoms with E-state index in [0.29, 0.717) is 12.1 Å². The quantitative estimate of drug-likeness (QED) is 0.795. The minimum atomic E-state index is -4.37. The van der Waals surface area contributed by atoms with E-state index in [1.807, 2.05) is 0 Å². The standard InChI is InChI=1S/C11H16F3NO/c1-4-15-6-8(11(12,13)14)5-9(7(2)3)10(15)16/h5-7,10,16H,4H2,1-3H3. The van der Waals surface area contributed by atoms with Crippen LogP contribution in [0, 0.1) is 5.92 Å². The van der Waals surface area contributed by atoms with Gasteiger partial charge in [0.15, 0.2) is 0 Å². The van der Waals surface area contributed by atoms with E-state index in [1.54, 1.807) is 20.8 Å². The van der Waals surface area contributed by atoms with Gasteiger partial charge in [-0.15, -0.1) is 0 Å². The lowest BCUT2D eigenvalue weighted by molar-refractivity contribution is -0.0914. The highest BCUT2D eigenvalue weighted by Gasteiger charge is 2.37. The van der Waals surface area contributed by atoms with Crippen molar-refractivity contribution in [3.8, 4) is 0 Å². The van der Waals surface area contributed by atoms with E-state index in [4.69, 9.17) is 0 Å². The fourth-order valence-corrected chi connectivity index (χ4v) is 1.62. The smallest absolute Gasteiger partial charge is 0.370 e. The van der Waals surface area contributed by atoms with E-state index in [9.17, 15) is 18.3 Å². The summed E-state index contributed by atoms with van der Waals surface area (Å²) in [5.41, 5.74) is -0.306. The molecule has 0 spiro atoms. The molecule has 1 heterocycles. The van der Waals surface area contributed by atoms with Crippen molar-refractivity contribution in [2.45, 2.75) is 33.2 Å². The molecule has 16 heavy (non-hydrogen) atoms. The Bertz CT molecular complexity index is 318. The van der Waals surface area contributed by atoms with Crippen LogP contribution in [-0.4, -0.2) is 29.0 Å². The fourth-order valence-electron chi connectivity index (χ4n) is 1.62. The van der Waals surface area contributed by atoms with E-state index in [-0.39, 0.29) is 5.92 Å². The Morgan fingerprint density at radius 2 is 2.00 bits per heavy atom. The highest BCUT2D eigenvalue weighted by molar-refractivity contribution is 5.33. The maximum Gasteiger partial charge on any atom is 0.417 e. The number of nitrogens with zero attached hydrogens (tertiary/aromatic N) is 1. The molecule has 1 aliphatic heterocycles. The molecule has 1 atom stereocenters. The van der Waals surface area contributed by atoms with Crippen LogP contribution in [0.5, 0.6) is 0 Å². The Morgan fingerprint density at radius 1 is 1.44 bits per heavy atom. The molecule has 0 aromatic carbocycles. The van der Waals surface area contributed by atoms with Gasteiger partial charge in [-0.25, -0.2) is 0 Å². The van der Waals surface area contributed by atoms with Gasteiger partial charge in [0.1, 0.15) is 6.23 Å². The molecule has 2 nitrogen and oxygen atoms in total. The lowest BCUT2D eigenvalue weighted by Crippen LogP contribution is -2.37. The second-order valence-electron chi connectivity index (χ2n) is 4.09. The SMILES string of the molecule is CCN1C=C(C(F)(F)F)C=C(C(C)C)C1O. The molecular formula is C11H16F3NO. The summed E-state index contributed by atoms with van der Waals surface area (Å²) >= 11 is 0. The summed E-state index contributed by atoms with van der Waals surface area (Å²) in [6.07, 6.45) is -3.30. The van der Waals surface area contributed by atoms with Gasteiger partial charge in [-0.3, -0.25) is 0 Å². The van der Waals surface area contributed by atoms with E-state index in [2.05, 4.69) is 0 Å². The number of aliphatic hydroxyl groups excluding tert-OH is 1. The molecule has 0 aromatic heterocycles. The highest BCUT2D eigenvalue weighted by atomic mass is 19.4. The molecule has 1 unspecified atom stereocenters. The van der Waals surface area contributed by atoms with Crippen LogP contribution in [0.4, 0.5) is 13.2 Å². The molecule has 5 heteroatoms. The first-order valence-corrected chi connectivity index (χ1v) is 5.21. The van der Waals surface area contributed by atoms with Gasteiger partial charge in [-0.1, -0.05) is 13.8 Å². The van der Waals surface area contributed by atoms with Gasteiger partial charge in [-0.2, -0.15) is 13.2 Å². The zero-order chi connectivity index (χ0) is 12.5. The van der Waals surface area contributed by atoms with Gasteiger partial charge in [0, 0.05) is 12.7 Å². The van der Waals surface area contributed by atoms with Crippen molar-refractivity contribution in [3.63, 3.8) is 0 Å². The fraction of sp³-hybridized carbons (Fsp3) is 0.636. The van der Waals surface area contributed by atoms with Crippen LogP contribution >= 0.6 is 0 Å². The van der Waals surface area contributed by atoms with Gasteiger partial charge in [0.2, 0.25) is 0 Å². The first-order valence-electron chi connectivity index (χ1n) is 5.21. The van der Waals surface area contributed by atoms with Gasteiger partial charge >= 0.3 is 6.18 Å². The molecule has 0 aromatic rings. The predicted molar refractivity (Wildman–Crippen MR) is 55.4 cm³/mol. The molecule has 0 amide bonds. The summed E-state index contributed by atoms with van der Waals surface area (Å²) in [6.45, 7) is 5.58. The third-order valence-electron chi connectivity index (χ3n) is 2.60. The molecule has 0 bridgehead atoms. The molecule has 0 radical (unpaired) electrons. The van der Waals surface area contributed by atoms with Crippen molar-refractivity contribution >= 4 is 0 Å². The maximum absolute atomic E-state index is 12.6. The van der Waals surface area contributed by atoms with Gasteiger partial charge < -0.3 is 10.0 Å². The summed E-state index contributed by atoms with van der Waals surface area (Å²) < 4.78 is 37.8. The average molecular weight is 235 g/mol. The zero-order valence-corrected chi connectivity index (χ0v) is 9.54. The van der Waals surface area contributed by atoms with Gasteiger partial charge in [0.05, 0.1) is 5.57 Å². The molecule has 0 saturated carbocycles. The molecular weight excluding hydrogens is 219 g/mol. The van der Waals surface area contributed by atoms with Crippen LogP contribution in [0.2, 0.25) is 0 Å². The third kappa shape index (κ3) is 2.58. The van der Waals surface area contributed by atoms with Crippen LogP contribution in [-0.2, 0) is 0 Å². The molecule has 0 aliphatic carbocycles. The minimum absolute atomic E-state index is 0.116. The van der Waals surface area contributed by atoms with E-state index >= 15 is 0 Å². The molecule has 92 valence electrons. The second-order valence-corrected chi connectivity index (χ2v) is 4.09. The average Bonchev–Trinajstić information content (AvgIpc) is 2.15. The van der Waals surface area contributed by atoms with E-state index < -0.39 is 18.0 Å². The van der Waals surface area contributed by atoms with Crippen LogP contribution in [0.15, 0.2) is 23.4 Å². The van der Waals surface area contributed by atoms with Crippen molar-refractivity contribution in [2.24, 2.45) is 5.92 Å². The monoisotopic (exact) mass is 235 g/mol. The highest BCUT2D eigenvalue weighted by Crippen LogP contribution is 2.33. The first kappa shape index (κ1) is 13.1. The minimum Gasteiger partial charge on any atom is -0.370 e.